The molecule has 0 saturated heterocycles. The van der Waals surface area contributed by atoms with Gasteiger partial charge < -0.3 is 20.1 Å². The van der Waals surface area contributed by atoms with Crippen molar-refractivity contribution in [3.8, 4) is 11.1 Å². The lowest BCUT2D eigenvalue weighted by atomic mass is 10.0. The first kappa shape index (κ1) is 23.2. The second-order valence-electron chi connectivity index (χ2n) is 6.18. The van der Waals surface area contributed by atoms with Gasteiger partial charge >= 0.3 is 11.9 Å². The van der Waals surface area contributed by atoms with Crippen LogP contribution in [0.2, 0.25) is 4.34 Å². The number of hydrogen-bond donors (Lipinski definition) is 2. The highest BCUT2D eigenvalue weighted by molar-refractivity contribution is 7.21. The molecule has 0 saturated carbocycles. The predicted molar refractivity (Wildman–Crippen MR) is 121 cm³/mol. The Morgan fingerprint density at radius 3 is 2.47 bits per heavy atom. The van der Waals surface area contributed by atoms with Crippen molar-refractivity contribution >= 4 is 51.7 Å². The first-order chi connectivity index (χ1) is 15.5. The normalized spacial score (nSPS) is 10.3. The minimum atomic E-state index is -0.674. The summed E-state index contributed by atoms with van der Waals surface area (Å²) in [7, 11) is 0. The number of aromatic nitrogens is 2. The Morgan fingerprint density at radius 1 is 1.06 bits per heavy atom. The number of ether oxygens (including phenoxy) is 2. The van der Waals surface area contributed by atoms with Gasteiger partial charge in [0.05, 0.1) is 6.61 Å². The number of benzene rings is 1. The van der Waals surface area contributed by atoms with Crippen molar-refractivity contribution in [2.45, 2.75) is 6.92 Å². The van der Waals surface area contributed by atoms with E-state index < -0.39 is 24.5 Å². The minimum Gasteiger partial charge on any atom is -0.462 e. The van der Waals surface area contributed by atoms with Crippen LogP contribution in [-0.4, -0.2) is 47.6 Å². The number of esters is 2. The summed E-state index contributed by atoms with van der Waals surface area (Å²) in [6.07, 6.45) is 3.04. The van der Waals surface area contributed by atoms with Gasteiger partial charge in [-0.05, 0) is 18.6 Å². The summed E-state index contributed by atoms with van der Waals surface area (Å²) in [6, 6.07) is 10.7. The van der Waals surface area contributed by atoms with Gasteiger partial charge in [0.15, 0.2) is 6.61 Å². The van der Waals surface area contributed by atoms with E-state index in [2.05, 4.69) is 20.6 Å². The highest BCUT2D eigenvalue weighted by Crippen LogP contribution is 2.43. The number of carbonyl (C=O) groups is 3. The molecule has 0 spiro atoms. The highest BCUT2D eigenvalue weighted by atomic mass is 35.5. The molecule has 1 amide bonds. The molecule has 2 N–H and O–H groups in total. The Bertz CT molecular complexity index is 1090. The molecule has 0 aliphatic heterocycles. The Labute approximate surface area is 192 Å². The van der Waals surface area contributed by atoms with Crippen molar-refractivity contribution in [3.63, 3.8) is 0 Å². The van der Waals surface area contributed by atoms with E-state index in [1.165, 1.54) is 12.4 Å². The van der Waals surface area contributed by atoms with E-state index in [1.807, 2.05) is 18.2 Å². The first-order valence-corrected chi connectivity index (χ1v) is 10.7. The fourth-order valence-electron chi connectivity index (χ4n) is 2.65. The van der Waals surface area contributed by atoms with Crippen molar-refractivity contribution in [2.24, 2.45) is 0 Å². The van der Waals surface area contributed by atoms with E-state index in [0.29, 0.717) is 15.5 Å². The van der Waals surface area contributed by atoms with Crippen LogP contribution in [-0.2, 0) is 19.1 Å². The first-order valence-electron chi connectivity index (χ1n) is 9.50. The third kappa shape index (κ3) is 6.02. The zero-order chi connectivity index (χ0) is 22.9. The molecule has 0 aliphatic rings. The third-order valence-corrected chi connectivity index (χ3v) is 5.30. The van der Waals surface area contributed by atoms with Crippen LogP contribution in [0.1, 0.15) is 17.3 Å². The largest absolute Gasteiger partial charge is 0.462 e. The van der Waals surface area contributed by atoms with E-state index in [4.69, 9.17) is 21.1 Å². The van der Waals surface area contributed by atoms with E-state index in [1.54, 1.807) is 25.1 Å². The molecule has 0 radical (unpaired) electrons. The summed E-state index contributed by atoms with van der Waals surface area (Å²) in [5.74, 6) is -1.66. The highest BCUT2D eigenvalue weighted by Gasteiger charge is 2.26. The maximum Gasteiger partial charge on any atom is 0.341 e. The van der Waals surface area contributed by atoms with Gasteiger partial charge in [0, 0.05) is 18.0 Å². The summed E-state index contributed by atoms with van der Waals surface area (Å²) >= 11 is 7.42. The monoisotopic (exact) mass is 474 g/mol. The van der Waals surface area contributed by atoms with Gasteiger partial charge in [-0.1, -0.05) is 41.9 Å². The second-order valence-corrected chi connectivity index (χ2v) is 7.80. The molecule has 166 valence electrons. The standard InChI is InChI=1S/C21H19ClN4O5S/c1-2-30-20(29)17-16(13-7-4-3-5-8-13)18(22)32-19(17)26-14(27)12-31-15(28)11-25-21-23-9-6-10-24-21/h3-10H,2,11-12H2,1H3,(H,26,27)(H,23,24,25). The maximum atomic E-state index is 12.6. The van der Waals surface area contributed by atoms with Crippen LogP contribution in [0.25, 0.3) is 11.1 Å². The van der Waals surface area contributed by atoms with E-state index in [-0.39, 0.29) is 29.7 Å². The minimum absolute atomic E-state index is 0.149. The van der Waals surface area contributed by atoms with Crippen LogP contribution >= 0.6 is 22.9 Å². The van der Waals surface area contributed by atoms with Gasteiger partial charge in [-0.3, -0.25) is 9.59 Å². The molecular weight excluding hydrogens is 456 g/mol. The quantitative estimate of drug-likeness (QED) is 0.451. The molecule has 2 heterocycles. The lowest BCUT2D eigenvalue weighted by molar-refractivity contribution is -0.145. The number of halogens is 1. The molecule has 2 aromatic heterocycles. The number of thiophene rings is 1. The van der Waals surface area contributed by atoms with Crippen molar-refractivity contribution in [1.82, 2.24) is 9.97 Å². The number of rotatable bonds is 9. The topological polar surface area (TPSA) is 120 Å². The molecule has 1 aromatic carbocycles. The summed E-state index contributed by atoms with van der Waals surface area (Å²) in [4.78, 5) is 44.7. The number of anilines is 2. The molecule has 0 aliphatic carbocycles. The van der Waals surface area contributed by atoms with Crippen LogP contribution < -0.4 is 10.6 Å². The Hall–Kier alpha value is -3.50. The van der Waals surface area contributed by atoms with Crippen LogP contribution in [0.5, 0.6) is 0 Å². The van der Waals surface area contributed by atoms with Gasteiger partial charge in [-0.15, -0.1) is 11.3 Å². The van der Waals surface area contributed by atoms with Crippen LogP contribution in [0.15, 0.2) is 48.8 Å². The predicted octanol–water partition coefficient (Wildman–Crippen LogP) is 3.63. The summed E-state index contributed by atoms with van der Waals surface area (Å²) < 4.78 is 10.4. The number of amides is 1. The Kier molecular flexibility index (Phi) is 8.12. The van der Waals surface area contributed by atoms with Crippen LogP contribution in [0.4, 0.5) is 10.9 Å². The van der Waals surface area contributed by atoms with Crippen molar-refractivity contribution in [2.75, 3.05) is 30.4 Å². The van der Waals surface area contributed by atoms with Gasteiger partial charge in [0.1, 0.15) is 21.4 Å². The second kappa shape index (κ2) is 11.2. The number of nitrogens with zero attached hydrogens (tertiary/aromatic N) is 2. The summed E-state index contributed by atoms with van der Waals surface area (Å²) in [5, 5.41) is 5.47. The number of nitrogens with one attached hydrogen (secondary N) is 2. The Morgan fingerprint density at radius 2 is 1.78 bits per heavy atom. The zero-order valence-electron chi connectivity index (χ0n) is 17.0. The maximum absolute atomic E-state index is 12.6. The smallest absolute Gasteiger partial charge is 0.341 e. The lowest BCUT2D eigenvalue weighted by Gasteiger charge is -2.09. The summed E-state index contributed by atoms with van der Waals surface area (Å²) in [5.41, 5.74) is 1.32. The fraction of sp³-hybridized carbons (Fsp3) is 0.190. The average Bonchev–Trinajstić information content (AvgIpc) is 3.13. The van der Waals surface area contributed by atoms with Gasteiger partial charge in [-0.25, -0.2) is 14.8 Å². The molecule has 9 nitrogen and oxygen atoms in total. The van der Waals surface area contributed by atoms with Crippen molar-refractivity contribution in [3.05, 3.63) is 58.7 Å². The molecule has 0 unspecified atom stereocenters. The third-order valence-electron chi connectivity index (χ3n) is 3.98. The fourth-order valence-corrected chi connectivity index (χ4v) is 4.04. The molecular formula is C21H19ClN4O5S. The molecule has 3 rings (SSSR count). The zero-order valence-corrected chi connectivity index (χ0v) is 18.5. The SMILES string of the molecule is CCOC(=O)c1c(NC(=O)COC(=O)CNc2ncccn2)sc(Cl)c1-c1ccccc1. The van der Waals surface area contributed by atoms with Gasteiger partial charge in [-0.2, -0.15) is 0 Å². The van der Waals surface area contributed by atoms with Crippen LogP contribution in [0.3, 0.4) is 0 Å². The number of hydrogen-bond acceptors (Lipinski definition) is 9. The van der Waals surface area contributed by atoms with Crippen molar-refractivity contribution in [1.29, 1.82) is 0 Å². The lowest BCUT2D eigenvalue weighted by Crippen LogP contribution is -2.25. The van der Waals surface area contributed by atoms with E-state index in [9.17, 15) is 14.4 Å². The van der Waals surface area contributed by atoms with Gasteiger partial charge in [0.2, 0.25) is 5.95 Å². The van der Waals surface area contributed by atoms with Crippen molar-refractivity contribution < 1.29 is 23.9 Å². The molecule has 3 aromatic rings. The summed E-state index contributed by atoms with van der Waals surface area (Å²) in [6.45, 7) is 1.08. The average molecular weight is 475 g/mol. The molecule has 0 atom stereocenters. The molecule has 11 heteroatoms. The van der Waals surface area contributed by atoms with E-state index in [0.717, 1.165) is 11.3 Å². The number of carbonyl (C=O) groups excluding carboxylic acids is 3. The molecule has 32 heavy (non-hydrogen) atoms. The molecule has 0 bridgehead atoms. The molecule has 0 fully saturated rings. The van der Waals surface area contributed by atoms with E-state index >= 15 is 0 Å². The Balaban J connectivity index is 1.67. The van der Waals surface area contributed by atoms with Crippen LogP contribution in [0, 0.1) is 0 Å². The van der Waals surface area contributed by atoms with Gasteiger partial charge in [0.25, 0.3) is 5.91 Å².